The highest BCUT2D eigenvalue weighted by molar-refractivity contribution is 9.10. The first kappa shape index (κ1) is 13.5. The Labute approximate surface area is 106 Å². The maximum atomic E-state index is 5.60. The van der Waals surface area contributed by atoms with Gasteiger partial charge < -0.3 is 9.47 Å². The van der Waals surface area contributed by atoms with Gasteiger partial charge in [0.05, 0.1) is 12.7 Å². The van der Waals surface area contributed by atoms with Crippen molar-refractivity contribution in [2.75, 3.05) is 13.2 Å². The zero-order valence-corrected chi connectivity index (χ0v) is 11.5. The average molecular weight is 287 g/mol. The zero-order chi connectivity index (χ0) is 11.8. The summed E-state index contributed by atoms with van der Waals surface area (Å²) in [7, 11) is 0. The summed E-state index contributed by atoms with van der Waals surface area (Å²) in [6, 6.07) is 7.84. The lowest BCUT2D eigenvalue weighted by atomic mass is 10.2. The van der Waals surface area contributed by atoms with Gasteiger partial charge in [-0.05, 0) is 31.5 Å². The minimum absolute atomic E-state index is 0.330. The second kappa shape index (κ2) is 7.69. The molecule has 16 heavy (non-hydrogen) atoms. The van der Waals surface area contributed by atoms with Crippen LogP contribution in [0.25, 0.3) is 0 Å². The van der Waals surface area contributed by atoms with Gasteiger partial charge in [0.1, 0.15) is 12.4 Å². The summed E-state index contributed by atoms with van der Waals surface area (Å²) in [5, 5.41) is 0. The van der Waals surface area contributed by atoms with Gasteiger partial charge >= 0.3 is 0 Å². The van der Waals surface area contributed by atoms with Crippen molar-refractivity contribution in [3.8, 4) is 5.75 Å². The number of hydrogen-bond acceptors (Lipinski definition) is 2. The van der Waals surface area contributed by atoms with E-state index in [4.69, 9.17) is 9.47 Å². The molecule has 0 N–H and O–H groups in total. The van der Waals surface area contributed by atoms with Crippen molar-refractivity contribution in [1.82, 2.24) is 0 Å². The van der Waals surface area contributed by atoms with E-state index >= 15 is 0 Å². The number of hydrogen-bond donors (Lipinski definition) is 0. The van der Waals surface area contributed by atoms with Crippen LogP contribution in [0.4, 0.5) is 0 Å². The van der Waals surface area contributed by atoms with E-state index in [1.54, 1.807) is 0 Å². The van der Waals surface area contributed by atoms with Crippen LogP contribution in [0.2, 0.25) is 0 Å². The molecular weight excluding hydrogens is 268 g/mol. The Hall–Kier alpha value is -0.540. The number of halogens is 1. The van der Waals surface area contributed by atoms with E-state index in [1.807, 2.05) is 24.3 Å². The summed E-state index contributed by atoms with van der Waals surface area (Å²) < 4.78 is 12.2. The Morgan fingerprint density at radius 2 is 2.12 bits per heavy atom. The fraction of sp³-hybridized carbons (Fsp3) is 0.538. The molecule has 0 fully saturated rings. The maximum absolute atomic E-state index is 5.60. The summed E-state index contributed by atoms with van der Waals surface area (Å²) in [6.07, 6.45) is 2.60. The molecule has 3 heteroatoms. The lowest BCUT2D eigenvalue weighted by molar-refractivity contribution is 0.0395. The van der Waals surface area contributed by atoms with Crippen molar-refractivity contribution in [2.45, 2.75) is 32.8 Å². The van der Waals surface area contributed by atoms with Gasteiger partial charge in [0.25, 0.3) is 0 Å². The van der Waals surface area contributed by atoms with Crippen LogP contribution in [0.1, 0.15) is 26.7 Å². The van der Waals surface area contributed by atoms with Gasteiger partial charge in [0.2, 0.25) is 0 Å². The molecule has 1 aromatic carbocycles. The maximum Gasteiger partial charge on any atom is 0.120 e. The molecule has 0 saturated carbocycles. The van der Waals surface area contributed by atoms with Gasteiger partial charge in [-0.25, -0.2) is 0 Å². The molecule has 0 radical (unpaired) electrons. The smallest absolute Gasteiger partial charge is 0.120 e. The third-order valence-corrected chi connectivity index (χ3v) is 2.74. The van der Waals surface area contributed by atoms with Crippen molar-refractivity contribution in [3.05, 3.63) is 28.7 Å². The fourth-order valence-electron chi connectivity index (χ4n) is 1.46. The highest BCUT2D eigenvalue weighted by Crippen LogP contribution is 2.17. The largest absolute Gasteiger partial charge is 0.491 e. The van der Waals surface area contributed by atoms with Crippen LogP contribution >= 0.6 is 15.9 Å². The van der Waals surface area contributed by atoms with Crippen molar-refractivity contribution >= 4 is 15.9 Å². The highest BCUT2D eigenvalue weighted by Gasteiger charge is 2.00. The molecule has 0 aliphatic rings. The molecule has 1 rings (SSSR count). The molecule has 1 aromatic rings. The third kappa shape index (κ3) is 5.52. The lowest BCUT2D eigenvalue weighted by Crippen LogP contribution is -2.13. The Morgan fingerprint density at radius 3 is 2.81 bits per heavy atom. The monoisotopic (exact) mass is 286 g/mol. The van der Waals surface area contributed by atoms with Crippen molar-refractivity contribution < 1.29 is 9.47 Å². The predicted octanol–water partition coefficient (Wildman–Crippen LogP) is 4.03. The third-order valence-electron chi connectivity index (χ3n) is 2.25. The Morgan fingerprint density at radius 1 is 1.31 bits per heavy atom. The van der Waals surface area contributed by atoms with E-state index in [0.717, 1.165) is 23.1 Å². The summed E-state index contributed by atoms with van der Waals surface area (Å²) in [5.74, 6) is 0.876. The van der Waals surface area contributed by atoms with Crippen LogP contribution in [-0.4, -0.2) is 19.3 Å². The number of rotatable bonds is 7. The summed E-state index contributed by atoms with van der Waals surface area (Å²) in [6.45, 7) is 5.51. The van der Waals surface area contributed by atoms with E-state index in [9.17, 15) is 0 Å². The molecule has 0 saturated heterocycles. The Balaban J connectivity index is 2.16. The van der Waals surface area contributed by atoms with Crippen LogP contribution in [-0.2, 0) is 4.74 Å². The van der Waals surface area contributed by atoms with E-state index in [1.165, 1.54) is 0 Å². The van der Waals surface area contributed by atoms with E-state index in [-0.39, 0.29) is 0 Å². The van der Waals surface area contributed by atoms with Gasteiger partial charge in [-0.3, -0.25) is 0 Å². The SMILES string of the molecule is CCCC(C)OCCOc1cccc(Br)c1. The first-order chi connectivity index (χ1) is 7.72. The molecule has 0 aliphatic carbocycles. The zero-order valence-electron chi connectivity index (χ0n) is 9.91. The number of ether oxygens (including phenoxy) is 2. The van der Waals surface area contributed by atoms with Gasteiger partial charge in [-0.2, -0.15) is 0 Å². The van der Waals surface area contributed by atoms with Crippen LogP contribution in [0.3, 0.4) is 0 Å². The fourth-order valence-corrected chi connectivity index (χ4v) is 1.83. The van der Waals surface area contributed by atoms with Crippen LogP contribution in [0.5, 0.6) is 5.75 Å². The van der Waals surface area contributed by atoms with Gasteiger partial charge in [-0.1, -0.05) is 35.3 Å². The van der Waals surface area contributed by atoms with E-state index in [0.29, 0.717) is 19.3 Å². The second-order valence-corrected chi connectivity index (χ2v) is 4.69. The first-order valence-corrected chi connectivity index (χ1v) is 6.51. The molecule has 1 atom stereocenters. The molecule has 2 nitrogen and oxygen atoms in total. The molecule has 0 spiro atoms. The van der Waals surface area contributed by atoms with E-state index in [2.05, 4.69) is 29.8 Å². The van der Waals surface area contributed by atoms with Crippen LogP contribution in [0.15, 0.2) is 28.7 Å². The number of benzene rings is 1. The Bertz CT molecular complexity index is 302. The summed E-state index contributed by atoms with van der Waals surface area (Å²) in [5.41, 5.74) is 0. The van der Waals surface area contributed by atoms with Crippen molar-refractivity contribution in [2.24, 2.45) is 0 Å². The molecule has 0 amide bonds. The highest BCUT2D eigenvalue weighted by atomic mass is 79.9. The molecule has 0 heterocycles. The second-order valence-electron chi connectivity index (χ2n) is 3.78. The standard InChI is InChI=1S/C13H19BrO2/c1-3-5-11(2)15-8-9-16-13-7-4-6-12(14)10-13/h4,6-7,10-11H,3,5,8-9H2,1-2H3. The molecule has 0 aliphatic heterocycles. The quantitative estimate of drug-likeness (QED) is 0.705. The van der Waals surface area contributed by atoms with Gasteiger partial charge in [0.15, 0.2) is 0 Å². The van der Waals surface area contributed by atoms with Gasteiger partial charge in [0, 0.05) is 4.47 Å². The molecule has 90 valence electrons. The minimum Gasteiger partial charge on any atom is -0.491 e. The summed E-state index contributed by atoms with van der Waals surface area (Å²) in [4.78, 5) is 0. The average Bonchev–Trinajstić information content (AvgIpc) is 2.25. The predicted molar refractivity (Wildman–Crippen MR) is 70.0 cm³/mol. The normalized spacial score (nSPS) is 12.4. The minimum atomic E-state index is 0.330. The molecule has 0 aromatic heterocycles. The molecular formula is C13H19BrO2. The van der Waals surface area contributed by atoms with Crippen molar-refractivity contribution in [1.29, 1.82) is 0 Å². The Kier molecular flexibility index (Phi) is 6.50. The first-order valence-electron chi connectivity index (χ1n) is 5.72. The van der Waals surface area contributed by atoms with Gasteiger partial charge in [-0.15, -0.1) is 0 Å². The summed E-state index contributed by atoms with van der Waals surface area (Å²) >= 11 is 3.40. The lowest BCUT2D eigenvalue weighted by Gasteiger charge is -2.12. The van der Waals surface area contributed by atoms with Crippen molar-refractivity contribution in [3.63, 3.8) is 0 Å². The van der Waals surface area contributed by atoms with Crippen LogP contribution in [0, 0.1) is 0 Å². The van der Waals surface area contributed by atoms with Crippen LogP contribution < -0.4 is 4.74 Å². The van der Waals surface area contributed by atoms with E-state index < -0.39 is 0 Å². The molecule has 0 bridgehead atoms. The topological polar surface area (TPSA) is 18.5 Å². The molecule has 1 unspecified atom stereocenters.